The van der Waals surface area contributed by atoms with Crippen LogP contribution in [0, 0.1) is 16.4 Å². The molecule has 0 amide bonds. The van der Waals surface area contributed by atoms with Gasteiger partial charge in [-0.25, -0.2) is 0 Å². The molecule has 4 heteroatoms. The largest absolute Gasteiger partial charge is 0.387 e. The van der Waals surface area contributed by atoms with Crippen LogP contribution in [0.1, 0.15) is 30.0 Å². The summed E-state index contributed by atoms with van der Waals surface area (Å²) in [5.41, 5.74) is 8.98. The van der Waals surface area contributed by atoms with E-state index < -0.39 is 0 Å². The van der Waals surface area contributed by atoms with E-state index in [4.69, 9.17) is 5.10 Å². The fourth-order valence-electron chi connectivity index (χ4n) is 6.96. The summed E-state index contributed by atoms with van der Waals surface area (Å²) in [6, 6.07) is 28.9. The molecule has 6 aromatic rings. The Hall–Kier alpha value is -5.22. The zero-order valence-corrected chi connectivity index (χ0v) is 25.6. The highest BCUT2D eigenvalue weighted by molar-refractivity contribution is 5.85. The summed E-state index contributed by atoms with van der Waals surface area (Å²) in [6.45, 7) is 4.04. The number of dihydropyridines is 1. The van der Waals surface area contributed by atoms with Gasteiger partial charge in [-0.15, -0.1) is 0 Å². The molecule has 45 heavy (non-hydrogen) atoms. The highest BCUT2D eigenvalue weighted by atomic mass is 15.3. The lowest BCUT2D eigenvalue weighted by molar-refractivity contribution is 0.656. The summed E-state index contributed by atoms with van der Waals surface area (Å²) >= 11 is 0. The van der Waals surface area contributed by atoms with Crippen molar-refractivity contribution >= 4 is 34.0 Å². The summed E-state index contributed by atoms with van der Waals surface area (Å²) in [4.78, 5) is 4.45. The highest BCUT2D eigenvalue weighted by Crippen LogP contribution is 2.26. The van der Waals surface area contributed by atoms with Gasteiger partial charge in [-0.1, -0.05) is 79.8 Å². The Bertz CT molecular complexity index is 2350. The molecular formula is C41H36N4. The lowest BCUT2D eigenvalue weighted by Gasteiger charge is -2.19. The fourth-order valence-corrected chi connectivity index (χ4v) is 6.96. The summed E-state index contributed by atoms with van der Waals surface area (Å²) in [5.74, 6) is 0.677. The number of hydrogen-bond donors (Lipinski definition) is 1. The molecule has 4 aromatic carbocycles. The monoisotopic (exact) mass is 584 g/mol. The second kappa shape index (κ2) is 11.7. The van der Waals surface area contributed by atoms with Crippen LogP contribution in [0.25, 0.3) is 45.1 Å². The first-order chi connectivity index (χ1) is 22.2. The molecule has 4 nitrogen and oxygen atoms in total. The molecule has 1 unspecified atom stereocenters. The van der Waals surface area contributed by atoms with Crippen LogP contribution in [0.4, 0.5) is 0 Å². The van der Waals surface area contributed by atoms with Crippen molar-refractivity contribution in [1.29, 1.82) is 0 Å². The van der Waals surface area contributed by atoms with Gasteiger partial charge in [0.2, 0.25) is 0 Å². The van der Waals surface area contributed by atoms with Gasteiger partial charge >= 0.3 is 0 Å². The van der Waals surface area contributed by atoms with Crippen LogP contribution in [0.3, 0.4) is 0 Å². The summed E-state index contributed by atoms with van der Waals surface area (Å²) in [5, 5.41) is 15.6. The number of hydrogen-bond acceptors (Lipinski definition) is 3. The molecular weight excluding hydrogens is 548 g/mol. The molecule has 1 N–H and O–H groups in total. The van der Waals surface area contributed by atoms with E-state index in [0.29, 0.717) is 5.92 Å². The molecule has 1 aliphatic heterocycles. The number of pyridine rings is 1. The van der Waals surface area contributed by atoms with Crippen molar-refractivity contribution < 1.29 is 0 Å². The summed E-state index contributed by atoms with van der Waals surface area (Å²) in [6.07, 6.45) is 20.2. The average Bonchev–Trinajstić information content (AvgIpc) is 3.50. The number of allylic oxidation sites excluding steroid dienone is 2. The molecule has 0 bridgehead atoms. The third kappa shape index (κ3) is 5.38. The van der Waals surface area contributed by atoms with Crippen molar-refractivity contribution in [3.8, 4) is 11.1 Å². The minimum absolute atomic E-state index is 0.677. The summed E-state index contributed by atoms with van der Waals surface area (Å²) < 4.78 is 2.11. The van der Waals surface area contributed by atoms with Crippen LogP contribution in [0.15, 0.2) is 116 Å². The van der Waals surface area contributed by atoms with Crippen molar-refractivity contribution in [2.75, 3.05) is 6.54 Å². The van der Waals surface area contributed by atoms with Crippen LogP contribution >= 0.6 is 0 Å². The van der Waals surface area contributed by atoms with Crippen molar-refractivity contribution in [3.63, 3.8) is 0 Å². The number of aromatic nitrogens is 3. The van der Waals surface area contributed by atoms with Crippen molar-refractivity contribution in [3.05, 3.63) is 153 Å². The normalized spacial score (nSPS) is 16.0. The molecule has 220 valence electrons. The second-order valence-electron chi connectivity index (χ2n) is 12.4. The SMILES string of the molecule is C1=CCNC=C1.CC1C=c2ccc3c(c2CC1)CC=c1cc(-c2ccc4cnn(Cc5ccc6ncccc6c5)c4c2)ccc1=3. The van der Waals surface area contributed by atoms with Gasteiger partial charge in [0.15, 0.2) is 0 Å². The van der Waals surface area contributed by atoms with Gasteiger partial charge in [0.25, 0.3) is 0 Å². The maximum Gasteiger partial charge on any atom is 0.0702 e. The van der Waals surface area contributed by atoms with Gasteiger partial charge in [-0.2, -0.15) is 5.10 Å². The maximum absolute atomic E-state index is 4.73. The van der Waals surface area contributed by atoms with Gasteiger partial charge in [0, 0.05) is 23.5 Å². The smallest absolute Gasteiger partial charge is 0.0702 e. The van der Waals surface area contributed by atoms with E-state index in [1.54, 1.807) is 5.56 Å². The van der Waals surface area contributed by atoms with E-state index in [2.05, 4.69) is 113 Å². The van der Waals surface area contributed by atoms with Crippen molar-refractivity contribution in [1.82, 2.24) is 20.1 Å². The van der Waals surface area contributed by atoms with Gasteiger partial charge in [-0.05, 0) is 116 Å². The third-order valence-electron chi connectivity index (χ3n) is 9.32. The topological polar surface area (TPSA) is 42.7 Å². The Morgan fingerprint density at radius 2 is 1.76 bits per heavy atom. The highest BCUT2D eigenvalue weighted by Gasteiger charge is 2.15. The second-order valence-corrected chi connectivity index (χ2v) is 12.4. The zero-order chi connectivity index (χ0) is 30.2. The molecule has 0 radical (unpaired) electrons. The number of fused-ring (bicyclic) bond motifs is 6. The van der Waals surface area contributed by atoms with E-state index in [-0.39, 0.29) is 0 Å². The predicted octanol–water partition coefficient (Wildman–Crippen LogP) is 6.95. The standard InChI is InChI=1S/C36H29N3.C5H7N/c1-23-4-11-31-27(17-23)9-13-34-32-12-8-25(19-28(32)10-14-33(31)34)26-6-7-30-21-38-39(36(30)20-26)22-24-5-15-35-29(18-24)3-2-16-37-35;1-2-4-6-5-3-1/h2-3,5-10,12-13,15-21,23H,4,11,14,22H2,1H3;1-4,6H,5H2. The lowest BCUT2D eigenvalue weighted by atomic mass is 9.85. The number of nitrogens with one attached hydrogen (secondary N) is 1. The van der Waals surface area contributed by atoms with Gasteiger partial charge in [0.05, 0.1) is 23.8 Å². The average molecular weight is 585 g/mol. The van der Waals surface area contributed by atoms with Gasteiger partial charge in [0.1, 0.15) is 0 Å². The maximum atomic E-state index is 4.73. The van der Waals surface area contributed by atoms with E-state index in [1.807, 2.05) is 36.8 Å². The zero-order valence-electron chi connectivity index (χ0n) is 25.6. The Labute approximate surface area is 263 Å². The quantitative estimate of drug-likeness (QED) is 0.245. The number of rotatable bonds is 3. The molecule has 0 spiro atoms. The molecule has 2 aromatic heterocycles. The lowest BCUT2D eigenvalue weighted by Crippen LogP contribution is -2.22. The molecule has 0 saturated heterocycles. The molecule has 0 saturated carbocycles. The van der Waals surface area contributed by atoms with E-state index >= 15 is 0 Å². The van der Waals surface area contributed by atoms with Crippen LogP contribution < -0.4 is 15.8 Å². The molecule has 3 aliphatic rings. The molecule has 9 rings (SSSR count). The van der Waals surface area contributed by atoms with Crippen LogP contribution in [0.5, 0.6) is 0 Å². The molecule has 2 aliphatic carbocycles. The Morgan fingerprint density at radius 3 is 2.62 bits per heavy atom. The van der Waals surface area contributed by atoms with Crippen LogP contribution in [0.2, 0.25) is 0 Å². The van der Waals surface area contributed by atoms with Crippen LogP contribution in [-0.2, 0) is 19.4 Å². The first kappa shape index (κ1) is 27.3. The minimum Gasteiger partial charge on any atom is -0.387 e. The Kier molecular flexibility index (Phi) is 7.11. The number of benzene rings is 4. The fraction of sp³-hybridized carbons (Fsp3) is 0.171. The van der Waals surface area contributed by atoms with E-state index in [9.17, 15) is 0 Å². The van der Waals surface area contributed by atoms with Gasteiger partial charge < -0.3 is 5.32 Å². The third-order valence-corrected chi connectivity index (χ3v) is 9.32. The minimum atomic E-state index is 0.677. The first-order valence-electron chi connectivity index (χ1n) is 16.0. The summed E-state index contributed by atoms with van der Waals surface area (Å²) in [7, 11) is 0. The molecule has 0 fully saturated rings. The van der Waals surface area contributed by atoms with Crippen molar-refractivity contribution in [2.45, 2.75) is 32.7 Å². The predicted molar refractivity (Wildman–Crippen MR) is 186 cm³/mol. The van der Waals surface area contributed by atoms with E-state index in [1.165, 1.54) is 56.0 Å². The number of nitrogens with zero attached hydrogens (tertiary/aromatic N) is 3. The van der Waals surface area contributed by atoms with Crippen molar-refractivity contribution in [2.24, 2.45) is 5.92 Å². The Morgan fingerprint density at radius 1 is 0.844 bits per heavy atom. The molecule has 3 heterocycles. The molecule has 1 atom stereocenters. The van der Waals surface area contributed by atoms with Gasteiger partial charge in [-0.3, -0.25) is 9.67 Å². The van der Waals surface area contributed by atoms with Crippen LogP contribution in [-0.4, -0.2) is 21.3 Å². The Balaban J connectivity index is 0.000000452. The van der Waals surface area contributed by atoms with E-state index in [0.717, 1.165) is 41.3 Å². The first-order valence-corrected chi connectivity index (χ1v) is 16.0.